The molecule has 1 N–H and O–H groups in total. The molecule has 1 aromatic heterocycles. The second kappa shape index (κ2) is 6.82. The Balaban J connectivity index is 1.56. The van der Waals surface area contributed by atoms with Crippen molar-refractivity contribution in [3.05, 3.63) is 63.8 Å². The molecule has 2 aliphatic heterocycles. The SMILES string of the molecule is CS(=O)(=O)N1CC[C@]2(CCn3cc(C(=O)NCc4ccccc4)c(=O)nc32)C1. The molecule has 1 amide bonds. The molecular weight excluding hydrogens is 380 g/mol. The number of rotatable bonds is 4. The maximum atomic E-state index is 12.5. The van der Waals surface area contributed by atoms with Gasteiger partial charge in [0, 0.05) is 37.8 Å². The third-order valence-electron chi connectivity index (χ3n) is 5.63. The number of sulfonamides is 1. The normalized spacial score (nSPS) is 21.8. The van der Waals surface area contributed by atoms with Gasteiger partial charge in [0.1, 0.15) is 11.4 Å². The van der Waals surface area contributed by atoms with E-state index in [9.17, 15) is 18.0 Å². The number of carbonyl (C=O) groups is 1. The van der Waals surface area contributed by atoms with E-state index in [2.05, 4.69) is 10.3 Å². The number of nitrogens with zero attached hydrogens (tertiary/aromatic N) is 3. The zero-order chi connectivity index (χ0) is 19.9. The molecule has 1 saturated heterocycles. The van der Waals surface area contributed by atoms with Crippen molar-refractivity contribution < 1.29 is 13.2 Å². The minimum absolute atomic E-state index is 0.00898. The Labute approximate surface area is 163 Å². The van der Waals surface area contributed by atoms with E-state index >= 15 is 0 Å². The minimum Gasteiger partial charge on any atom is -0.348 e. The summed E-state index contributed by atoms with van der Waals surface area (Å²) in [5.41, 5.74) is -0.0668. The largest absolute Gasteiger partial charge is 0.348 e. The smallest absolute Gasteiger partial charge is 0.285 e. The topological polar surface area (TPSA) is 101 Å². The molecule has 2 aromatic rings. The van der Waals surface area contributed by atoms with Gasteiger partial charge in [0.25, 0.3) is 11.5 Å². The summed E-state index contributed by atoms with van der Waals surface area (Å²) in [4.78, 5) is 29.2. The molecule has 148 valence electrons. The van der Waals surface area contributed by atoms with Crippen molar-refractivity contribution in [2.45, 2.75) is 31.3 Å². The third kappa shape index (κ3) is 3.35. The van der Waals surface area contributed by atoms with Gasteiger partial charge in [-0.1, -0.05) is 30.3 Å². The van der Waals surface area contributed by atoms with Crippen LogP contribution in [0.2, 0.25) is 0 Å². The van der Waals surface area contributed by atoms with Crippen LogP contribution in [0, 0.1) is 0 Å². The fourth-order valence-electron chi connectivity index (χ4n) is 4.07. The van der Waals surface area contributed by atoms with Crippen LogP contribution in [0.15, 0.2) is 41.3 Å². The lowest BCUT2D eigenvalue weighted by Gasteiger charge is -2.22. The van der Waals surface area contributed by atoms with Gasteiger partial charge in [-0.2, -0.15) is 4.98 Å². The lowest BCUT2D eigenvalue weighted by molar-refractivity contribution is 0.0948. The number of fused-ring (bicyclic) bond motifs is 2. The summed E-state index contributed by atoms with van der Waals surface area (Å²) in [7, 11) is -3.28. The highest BCUT2D eigenvalue weighted by atomic mass is 32.2. The van der Waals surface area contributed by atoms with Crippen molar-refractivity contribution in [1.82, 2.24) is 19.2 Å². The van der Waals surface area contributed by atoms with E-state index in [-0.39, 0.29) is 5.56 Å². The standard InChI is InChI=1S/C19H22N4O4S/c1-28(26,27)23-10-8-19(13-23)7-9-22-12-15(17(25)21-18(19)22)16(24)20-11-14-5-3-2-4-6-14/h2-6,12H,7-11,13H2,1H3,(H,20,24)/t19-/m1/s1. The number of amides is 1. The summed E-state index contributed by atoms with van der Waals surface area (Å²) in [6.45, 7) is 1.69. The maximum absolute atomic E-state index is 12.5. The van der Waals surface area contributed by atoms with Crippen LogP contribution in [-0.4, -0.2) is 47.5 Å². The van der Waals surface area contributed by atoms with Crippen LogP contribution in [0.25, 0.3) is 0 Å². The first kappa shape index (κ1) is 18.8. The highest BCUT2D eigenvalue weighted by Crippen LogP contribution is 2.41. The lowest BCUT2D eigenvalue weighted by Crippen LogP contribution is -2.36. The highest BCUT2D eigenvalue weighted by Gasteiger charge is 2.48. The number of aromatic nitrogens is 2. The van der Waals surface area contributed by atoms with Crippen molar-refractivity contribution in [3.63, 3.8) is 0 Å². The minimum atomic E-state index is -3.28. The van der Waals surface area contributed by atoms with E-state index in [1.54, 1.807) is 6.20 Å². The first-order valence-electron chi connectivity index (χ1n) is 9.18. The summed E-state index contributed by atoms with van der Waals surface area (Å²) in [6.07, 6.45) is 4.09. The van der Waals surface area contributed by atoms with Crippen molar-refractivity contribution in [3.8, 4) is 0 Å². The zero-order valence-electron chi connectivity index (χ0n) is 15.6. The van der Waals surface area contributed by atoms with E-state index in [1.165, 1.54) is 10.6 Å². The Morgan fingerprint density at radius 1 is 1.21 bits per heavy atom. The van der Waals surface area contributed by atoms with E-state index in [4.69, 9.17) is 0 Å². The summed E-state index contributed by atoms with van der Waals surface area (Å²) < 4.78 is 27.0. The molecule has 0 unspecified atom stereocenters. The quantitative estimate of drug-likeness (QED) is 0.802. The van der Waals surface area contributed by atoms with Crippen LogP contribution in [0.3, 0.4) is 0 Å². The predicted octanol–water partition coefficient (Wildman–Crippen LogP) is 0.480. The van der Waals surface area contributed by atoms with Gasteiger partial charge in [0.15, 0.2) is 0 Å². The molecule has 0 saturated carbocycles. The average molecular weight is 402 g/mol. The fraction of sp³-hybridized carbons (Fsp3) is 0.421. The summed E-state index contributed by atoms with van der Waals surface area (Å²) in [5.74, 6) is 0.130. The number of hydrogen-bond acceptors (Lipinski definition) is 5. The lowest BCUT2D eigenvalue weighted by atomic mass is 9.85. The van der Waals surface area contributed by atoms with Crippen LogP contribution in [0.5, 0.6) is 0 Å². The first-order chi connectivity index (χ1) is 13.3. The summed E-state index contributed by atoms with van der Waals surface area (Å²) in [6, 6.07) is 9.45. The monoisotopic (exact) mass is 402 g/mol. The molecule has 1 spiro atoms. The zero-order valence-corrected chi connectivity index (χ0v) is 16.4. The number of hydrogen-bond donors (Lipinski definition) is 1. The number of nitrogens with one attached hydrogen (secondary N) is 1. The third-order valence-corrected chi connectivity index (χ3v) is 6.88. The van der Waals surface area contributed by atoms with Gasteiger partial charge in [-0.25, -0.2) is 12.7 Å². The molecule has 0 aliphatic carbocycles. The van der Waals surface area contributed by atoms with Crippen molar-refractivity contribution in [2.75, 3.05) is 19.3 Å². The maximum Gasteiger partial charge on any atom is 0.285 e. The van der Waals surface area contributed by atoms with Gasteiger partial charge in [-0.15, -0.1) is 0 Å². The molecule has 3 heterocycles. The molecule has 0 bridgehead atoms. The first-order valence-corrected chi connectivity index (χ1v) is 11.0. The Morgan fingerprint density at radius 2 is 1.93 bits per heavy atom. The van der Waals surface area contributed by atoms with E-state index in [0.29, 0.717) is 44.8 Å². The average Bonchev–Trinajstić information content (AvgIpc) is 3.25. The molecule has 1 atom stereocenters. The van der Waals surface area contributed by atoms with Crippen LogP contribution in [0.1, 0.15) is 34.6 Å². The van der Waals surface area contributed by atoms with Gasteiger partial charge < -0.3 is 9.88 Å². The van der Waals surface area contributed by atoms with Crippen LogP contribution in [0.4, 0.5) is 0 Å². The van der Waals surface area contributed by atoms with Crippen molar-refractivity contribution >= 4 is 15.9 Å². The molecule has 2 aliphatic rings. The van der Waals surface area contributed by atoms with Gasteiger partial charge >= 0.3 is 0 Å². The molecule has 28 heavy (non-hydrogen) atoms. The van der Waals surface area contributed by atoms with Crippen molar-refractivity contribution in [1.29, 1.82) is 0 Å². The Morgan fingerprint density at radius 3 is 2.61 bits per heavy atom. The molecule has 8 nitrogen and oxygen atoms in total. The van der Waals surface area contributed by atoms with Crippen LogP contribution in [-0.2, 0) is 28.5 Å². The molecule has 1 fully saturated rings. The Hall–Kier alpha value is -2.52. The molecule has 0 radical (unpaired) electrons. The van der Waals surface area contributed by atoms with Gasteiger partial charge in [0.05, 0.1) is 6.26 Å². The predicted molar refractivity (Wildman–Crippen MR) is 103 cm³/mol. The number of aryl methyl sites for hydroxylation is 1. The number of benzene rings is 1. The molecular formula is C19H22N4O4S. The summed E-state index contributed by atoms with van der Waals surface area (Å²) in [5, 5.41) is 2.76. The Bertz CT molecular complexity index is 1080. The van der Waals surface area contributed by atoms with E-state index in [0.717, 1.165) is 5.56 Å². The van der Waals surface area contributed by atoms with Gasteiger partial charge in [-0.05, 0) is 18.4 Å². The molecule has 1 aromatic carbocycles. The number of carbonyl (C=O) groups excluding carboxylic acids is 1. The van der Waals surface area contributed by atoms with Gasteiger partial charge in [0.2, 0.25) is 10.0 Å². The second-order valence-corrected chi connectivity index (χ2v) is 9.50. The van der Waals surface area contributed by atoms with E-state index in [1.807, 2.05) is 34.9 Å². The van der Waals surface area contributed by atoms with Crippen LogP contribution >= 0.6 is 0 Å². The fourth-order valence-corrected chi connectivity index (χ4v) is 4.97. The van der Waals surface area contributed by atoms with E-state index < -0.39 is 26.9 Å². The van der Waals surface area contributed by atoms with Crippen molar-refractivity contribution in [2.24, 2.45) is 0 Å². The molecule has 4 rings (SSSR count). The highest BCUT2D eigenvalue weighted by molar-refractivity contribution is 7.88. The Kier molecular flexibility index (Phi) is 4.59. The second-order valence-electron chi connectivity index (χ2n) is 7.52. The van der Waals surface area contributed by atoms with Gasteiger partial charge in [-0.3, -0.25) is 9.59 Å². The van der Waals surface area contributed by atoms with Crippen LogP contribution < -0.4 is 10.9 Å². The molecule has 9 heteroatoms. The summed E-state index contributed by atoms with van der Waals surface area (Å²) >= 11 is 0.